The number of amides is 1. The standard InChI is InChI=1S/C13H14N6O3/c1-9-5-3-4-6-11(9)12(20)16-15-10(2)7-18-8-14-13(17-18)19(21)22/h3-6,8H,7H2,1-2H3,(H,16,20)/b15-10-. The van der Waals surface area contributed by atoms with Crippen LogP contribution in [0, 0.1) is 17.0 Å². The van der Waals surface area contributed by atoms with E-state index in [9.17, 15) is 14.9 Å². The lowest BCUT2D eigenvalue weighted by molar-refractivity contribution is -0.394. The lowest BCUT2D eigenvalue weighted by Crippen LogP contribution is -2.21. The van der Waals surface area contributed by atoms with Crippen LogP contribution in [-0.2, 0) is 6.54 Å². The van der Waals surface area contributed by atoms with Crippen molar-refractivity contribution in [3.05, 3.63) is 51.8 Å². The Labute approximate surface area is 125 Å². The summed E-state index contributed by atoms with van der Waals surface area (Å²) in [4.78, 5) is 25.3. The van der Waals surface area contributed by atoms with E-state index >= 15 is 0 Å². The van der Waals surface area contributed by atoms with Crippen molar-refractivity contribution in [1.82, 2.24) is 20.2 Å². The first-order chi connectivity index (χ1) is 10.5. The second kappa shape index (κ2) is 6.57. The molecule has 1 N–H and O–H groups in total. The van der Waals surface area contributed by atoms with Gasteiger partial charge in [0.05, 0.1) is 12.3 Å². The largest absolute Gasteiger partial charge is 0.490 e. The molecule has 22 heavy (non-hydrogen) atoms. The van der Waals surface area contributed by atoms with E-state index in [0.29, 0.717) is 11.3 Å². The molecule has 0 aliphatic rings. The molecule has 0 fully saturated rings. The fraction of sp³-hybridized carbons (Fsp3) is 0.231. The SMILES string of the molecule is C/C(Cn1cnc([N+](=O)[O-])n1)=N/NC(=O)c1ccccc1C. The highest BCUT2D eigenvalue weighted by Crippen LogP contribution is 2.06. The molecule has 114 valence electrons. The first-order valence-corrected chi connectivity index (χ1v) is 6.40. The van der Waals surface area contributed by atoms with Crippen molar-refractivity contribution < 1.29 is 9.72 Å². The zero-order valence-electron chi connectivity index (χ0n) is 12.1. The Balaban J connectivity index is 1.99. The number of nitro groups is 1. The van der Waals surface area contributed by atoms with Gasteiger partial charge >= 0.3 is 5.95 Å². The maximum absolute atomic E-state index is 12.0. The Bertz CT molecular complexity index is 737. The van der Waals surface area contributed by atoms with Gasteiger partial charge in [-0.2, -0.15) is 9.78 Å². The van der Waals surface area contributed by atoms with E-state index in [1.54, 1.807) is 19.1 Å². The van der Waals surface area contributed by atoms with E-state index < -0.39 is 10.9 Å². The summed E-state index contributed by atoms with van der Waals surface area (Å²) >= 11 is 0. The Morgan fingerprint density at radius 2 is 2.18 bits per heavy atom. The molecule has 0 aliphatic carbocycles. The lowest BCUT2D eigenvalue weighted by Gasteiger charge is -2.04. The maximum atomic E-state index is 12.0. The molecule has 0 saturated carbocycles. The molecule has 0 aliphatic heterocycles. The van der Waals surface area contributed by atoms with Gasteiger partial charge in [-0.15, -0.1) is 0 Å². The number of hydrazone groups is 1. The molecule has 2 rings (SSSR count). The first kappa shape index (κ1) is 15.3. The Hall–Kier alpha value is -3.10. The molecule has 0 atom stereocenters. The number of carbonyl (C=O) groups is 1. The third kappa shape index (κ3) is 3.72. The van der Waals surface area contributed by atoms with E-state index in [0.717, 1.165) is 5.56 Å². The van der Waals surface area contributed by atoms with Gasteiger partial charge < -0.3 is 10.1 Å². The monoisotopic (exact) mass is 302 g/mol. The number of nitrogens with one attached hydrogen (secondary N) is 1. The summed E-state index contributed by atoms with van der Waals surface area (Å²) in [6.45, 7) is 3.70. The molecular formula is C13H14N6O3. The molecule has 9 heteroatoms. The average Bonchev–Trinajstić information content (AvgIpc) is 2.94. The Kier molecular flexibility index (Phi) is 4.57. The number of hydrogen-bond acceptors (Lipinski definition) is 6. The van der Waals surface area contributed by atoms with Gasteiger partial charge in [-0.3, -0.25) is 4.79 Å². The minimum atomic E-state index is -0.678. The van der Waals surface area contributed by atoms with Crippen LogP contribution in [-0.4, -0.2) is 31.3 Å². The minimum Gasteiger partial charge on any atom is -0.390 e. The predicted molar refractivity (Wildman–Crippen MR) is 78.4 cm³/mol. The topological polar surface area (TPSA) is 115 Å². The molecule has 0 bridgehead atoms. The van der Waals surface area contributed by atoms with Crippen LogP contribution in [0.25, 0.3) is 0 Å². The smallest absolute Gasteiger partial charge is 0.390 e. The van der Waals surface area contributed by atoms with Crippen molar-refractivity contribution in [3.63, 3.8) is 0 Å². The van der Waals surface area contributed by atoms with Crippen molar-refractivity contribution in [3.8, 4) is 0 Å². The van der Waals surface area contributed by atoms with E-state index in [2.05, 4.69) is 20.6 Å². The van der Waals surface area contributed by atoms with Crippen LogP contribution in [0.1, 0.15) is 22.8 Å². The van der Waals surface area contributed by atoms with Crippen molar-refractivity contribution in [2.24, 2.45) is 5.10 Å². The second-order valence-corrected chi connectivity index (χ2v) is 4.60. The zero-order valence-corrected chi connectivity index (χ0v) is 12.1. The summed E-state index contributed by atoms with van der Waals surface area (Å²) in [5, 5.41) is 18.1. The molecule has 1 aromatic carbocycles. The zero-order chi connectivity index (χ0) is 16.1. The van der Waals surface area contributed by atoms with Crippen LogP contribution < -0.4 is 5.43 Å². The molecule has 0 radical (unpaired) electrons. The van der Waals surface area contributed by atoms with Crippen LogP contribution in [0.15, 0.2) is 35.7 Å². The summed E-state index contributed by atoms with van der Waals surface area (Å²) in [5.41, 5.74) is 4.36. The molecule has 0 saturated heterocycles. The van der Waals surface area contributed by atoms with Gasteiger partial charge in [-0.25, -0.2) is 5.43 Å². The van der Waals surface area contributed by atoms with Crippen molar-refractivity contribution in [2.45, 2.75) is 20.4 Å². The first-order valence-electron chi connectivity index (χ1n) is 6.40. The molecule has 1 heterocycles. The summed E-state index contributed by atoms with van der Waals surface area (Å²) in [5.74, 6) is -0.793. The molecule has 0 unspecified atom stereocenters. The normalized spacial score (nSPS) is 11.3. The van der Waals surface area contributed by atoms with E-state index in [1.807, 2.05) is 19.1 Å². The number of carbonyl (C=O) groups excluding carboxylic acids is 1. The van der Waals surface area contributed by atoms with E-state index in [4.69, 9.17) is 0 Å². The fourth-order valence-electron chi connectivity index (χ4n) is 1.75. The van der Waals surface area contributed by atoms with Crippen LogP contribution in [0.5, 0.6) is 0 Å². The molecule has 9 nitrogen and oxygen atoms in total. The third-order valence-electron chi connectivity index (χ3n) is 2.82. The van der Waals surface area contributed by atoms with E-state index in [-0.39, 0.29) is 12.5 Å². The van der Waals surface area contributed by atoms with Crippen molar-refractivity contribution >= 4 is 17.6 Å². The molecule has 1 amide bonds. The van der Waals surface area contributed by atoms with Crippen LogP contribution in [0.3, 0.4) is 0 Å². The predicted octanol–water partition coefficient (Wildman–Crippen LogP) is 1.30. The van der Waals surface area contributed by atoms with Gasteiger partial charge in [0, 0.05) is 10.7 Å². The number of rotatable bonds is 5. The number of aryl methyl sites for hydroxylation is 1. The van der Waals surface area contributed by atoms with Gasteiger partial charge in [0.1, 0.15) is 0 Å². The number of benzene rings is 1. The number of nitrogens with zero attached hydrogens (tertiary/aromatic N) is 5. The summed E-state index contributed by atoms with van der Waals surface area (Å²) in [6.07, 6.45) is 1.24. The van der Waals surface area contributed by atoms with Gasteiger partial charge in [0.25, 0.3) is 5.91 Å². The quantitative estimate of drug-likeness (QED) is 0.507. The van der Waals surface area contributed by atoms with Crippen LogP contribution in [0.2, 0.25) is 0 Å². The van der Waals surface area contributed by atoms with Gasteiger partial charge in [-0.05, 0) is 30.4 Å². The van der Waals surface area contributed by atoms with Gasteiger partial charge in [0.2, 0.25) is 6.33 Å². The van der Waals surface area contributed by atoms with Gasteiger partial charge in [0.15, 0.2) is 0 Å². The Morgan fingerprint density at radius 1 is 1.45 bits per heavy atom. The number of hydrogen-bond donors (Lipinski definition) is 1. The van der Waals surface area contributed by atoms with Crippen LogP contribution >= 0.6 is 0 Å². The summed E-state index contributed by atoms with van der Waals surface area (Å²) in [6, 6.07) is 7.15. The molecule has 1 aromatic heterocycles. The number of aromatic nitrogens is 3. The molecule has 2 aromatic rings. The average molecular weight is 302 g/mol. The lowest BCUT2D eigenvalue weighted by atomic mass is 10.1. The highest BCUT2D eigenvalue weighted by atomic mass is 16.6. The van der Waals surface area contributed by atoms with Crippen LogP contribution in [0.4, 0.5) is 5.95 Å². The maximum Gasteiger partial charge on any atom is 0.490 e. The second-order valence-electron chi connectivity index (χ2n) is 4.60. The minimum absolute atomic E-state index is 0.189. The van der Waals surface area contributed by atoms with Gasteiger partial charge in [-0.1, -0.05) is 23.2 Å². The molecular weight excluding hydrogens is 288 g/mol. The summed E-state index contributed by atoms with van der Waals surface area (Å²) in [7, 11) is 0. The third-order valence-corrected chi connectivity index (χ3v) is 2.82. The summed E-state index contributed by atoms with van der Waals surface area (Å²) < 4.78 is 1.27. The highest BCUT2D eigenvalue weighted by Gasteiger charge is 2.13. The molecule has 0 spiro atoms. The van der Waals surface area contributed by atoms with Crippen molar-refractivity contribution in [1.29, 1.82) is 0 Å². The highest BCUT2D eigenvalue weighted by molar-refractivity contribution is 5.96. The van der Waals surface area contributed by atoms with Crippen molar-refractivity contribution in [2.75, 3.05) is 0 Å². The Morgan fingerprint density at radius 3 is 2.82 bits per heavy atom. The van der Waals surface area contributed by atoms with E-state index in [1.165, 1.54) is 11.0 Å². The fourth-order valence-corrected chi connectivity index (χ4v) is 1.75.